The largest absolute Gasteiger partial charge is 0.496 e. The molecule has 0 unspecified atom stereocenters. The van der Waals surface area contributed by atoms with Gasteiger partial charge in [0.1, 0.15) is 11.5 Å². The molecule has 1 aromatic rings. The third kappa shape index (κ3) is 2.07. The van der Waals surface area contributed by atoms with Gasteiger partial charge in [0.05, 0.1) is 24.3 Å². The molecule has 14 heavy (non-hydrogen) atoms. The van der Waals surface area contributed by atoms with E-state index in [4.69, 9.17) is 9.47 Å². The Morgan fingerprint density at radius 1 is 1.21 bits per heavy atom. The van der Waals surface area contributed by atoms with Crippen LogP contribution < -0.4 is 9.47 Å². The highest BCUT2D eigenvalue weighted by molar-refractivity contribution is 9.10. The van der Waals surface area contributed by atoms with Crippen LogP contribution in [0.3, 0.4) is 0 Å². The summed E-state index contributed by atoms with van der Waals surface area (Å²) in [5.41, 5.74) is 0.521. The number of hydrogen-bond acceptors (Lipinski definition) is 3. The standard InChI is InChI=1S/C10H11BrO3/c1-6(12)7-4-10(14-3)8(11)5-9(7)13-2/h4-5H,1-3H3. The molecule has 0 atom stereocenters. The first-order valence-electron chi connectivity index (χ1n) is 4.02. The lowest BCUT2D eigenvalue weighted by atomic mass is 10.1. The Labute approximate surface area is 91.1 Å². The van der Waals surface area contributed by atoms with Crippen molar-refractivity contribution in [2.45, 2.75) is 6.92 Å². The van der Waals surface area contributed by atoms with Gasteiger partial charge in [0.15, 0.2) is 5.78 Å². The summed E-state index contributed by atoms with van der Waals surface area (Å²) in [6.07, 6.45) is 0. The van der Waals surface area contributed by atoms with Gasteiger partial charge in [-0.3, -0.25) is 4.79 Å². The summed E-state index contributed by atoms with van der Waals surface area (Å²) in [7, 11) is 3.08. The molecule has 0 bridgehead atoms. The summed E-state index contributed by atoms with van der Waals surface area (Å²) in [6, 6.07) is 3.38. The number of methoxy groups -OCH3 is 2. The van der Waals surface area contributed by atoms with Crippen LogP contribution in [-0.2, 0) is 0 Å². The summed E-state index contributed by atoms with van der Waals surface area (Å²) < 4.78 is 10.9. The molecule has 0 aliphatic heterocycles. The molecular formula is C10H11BrO3. The van der Waals surface area contributed by atoms with Crippen LogP contribution in [0.15, 0.2) is 16.6 Å². The number of halogens is 1. The normalized spacial score (nSPS) is 9.71. The Morgan fingerprint density at radius 2 is 1.79 bits per heavy atom. The molecule has 1 aromatic carbocycles. The predicted molar refractivity (Wildman–Crippen MR) is 57.3 cm³/mol. The molecule has 0 saturated carbocycles. The number of hydrogen-bond donors (Lipinski definition) is 0. The molecule has 0 aliphatic carbocycles. The van der Waals surface area contributed by atoms with Gasteiger partial charge in [-0.2, -0.15) is 0 Å². The molecular weight excluding hydrogens is 248 g/mol. The number of carbonyl (C=O) groups excluding carboxylic acids is 1. The molecule has 0 saturated heterocycles. The van der Waals surface area contributed by atoms with Gasteiger partial charge in [0.25, 0.3) is 0 Å². The van der Waals surface area contributed by atoms with Crippen LogP contribution in [0.2, 0.25) is 0 Å². The van der Waals surface area contributed by atoms with Gasteiger partial charge < -0.3 is 9.47 Å². The van der Waals surface area contributed by atoms with E-state index in [-0.39, 0.29) is 5.78 Å². The van der Waals surface area contributed by atoms with E-state index in [1.807, 2.05) is 0 Å². The second kappa shape index (κ2) is 4.46. The molecule has 0 heterocycles. The number of benzene rings is 1. The Hall–Kier alpha value is -1.03. The molecule has 0 aliphatic rings. The van der Waals surface area contributed by atoms with Gasteiger partial charge in [-0.15, -0.1) is 0 Å². The van der Waals surface area contributed by atoms with Crippen molar-refractivity contribution in [2.24, 2.45) is 0 Å². The van der Waals surface area contributed by atoms with Crippen LogP contribution in [0, 0.1) is 0 Å². The van der Waals surface area contributed by atoms with Gasteiger partial charge in [-0.1, -0.05) is 0 Å². The lowest BCUT2D eigenvalue weighted by molar-refractivity contribution is 0.101. The highest BCUT2D eigenvalue weighted by Crippen LogP contribution is 2.32. The molecule has 3 nitrogen and oxygen atoms in total. The molecule has 1 rings (SSSR count). The van der Waals surface area contributed by atoms with Crippen molar-refractivity contribution in [1.29, 1.82) is 0 Å². The fourth-order valence-electron chi connectivity index (χ4n) is 1.14. The number of rotatable bonds is 3. The van der Waals surface area contributed by atoms with E-state index >= 15 is 0 Å². The minimum absolute atomic E-state index is 0.0485. The SMILES string of the molecule is COc1cc(C(C)=O)c(OC)cc1Br. The maximum atomic E-state index is 11.3. The molecule has 0 N–H and O–H groups in total. The van der Waals surface area contributed by atoms with E-state index < -0.39 is 0 Å². The predicted octanol–water partition coefficient (Wildman–Crippen LogP) is 2.67. The van der Waals surface area contributed by atoms with Gasteiger partial charge >= 0.3 is 0 Å². The Morgan fingerprint density at radius 3 is 2.21 bits per heavy atom. The monoisotopic (exact) mass is 258 g/mol. The molecule has 0 fully saturated rings. The van der Waals surface area contributed by atoms with Crippen LogP contribution in [0.1, 0.15) is 17.3 Å². The zero-order valence-corrected chi connectivity index (χ0v) is 9.84. The quantitative estimate of drug-likeness (QED) is 0.783. The molecule has 4 heteroatoms. The van der Waals surface area contributed by atoms with E-state index in [0.29, 0.717) is 17.1 Å². The minimum atomic E-state index is -0.0485. The lowest BCUT2D eigenvalue weighted by Gasteiger charge is -2.09. The van der Waals surface area contributed by atoms with Crippen LogP contribution >= 0.6 is 15.9 Å². The van der Waals surface area contributed by atoms with Crippen molar-refractivity contribution in [1.82, 2.24) is 0 Å². The van der Waals surface area contributed by atoms with Crippen LogP contribution in [0.5, 0.6) is 11.5 Å². The van der Waals surface area contributed by atoms with Crippen molar-refractivity contribution in [3.05, 3.63) is 22.2 Å². The van der Waals surface area contributed by atoms with Crippen LogP contribution in [0.4, 0.5) is 0 Å². The minimum Gasteiger partial charge on any atom is -0.496 e. The highest BCUT2D eigenvalue weighted by Gasteiger charge is 2.12. The van der Waals surface area contributed by atoms with Crippen LogP contribution in [0.25, 0.3) is 0 Å². The van der Waals surface area contributed by atoms with E-state index in [0.717, 1.165) is 4.47 Å². The maximum Gasteiger partial charge on any atom is 0.163 e. The first-order valence-corrected chi connectivity index (χ1v) is 4.82. The van der Waals surface area contributed by atoms with E-state index in [2.05, 4.69) is 15.9 Å². The topological polar surface area (TPSA) is 35.5 Å². The average molecular weight is 259 g/mol. The van der Waals surface area contributed by atoms with Crippen molar-refractivity contribution in [3.63, 3.8) is 0 Å². The average Bonchev–Trinajstić information content (AvgIpc) is 2.16. The van der Waals surface area contributed by atoms with Gasteiger partial charge in [-0.25, -0.2) is 0 Å². The summed E-state index contributed by atoms with van der Waals surface area (Å²) >= 11 is 3.32. The van der Waals surface area contributed by atoms with Crippen molar-refractivity contribution >= 4 is 21.7 Å². The Bertz CT molecular complexity index is 361. The molecule has 0 aromatic heterocycles. The summed E-state index contributed by atoms with van der Waals surface area (Å²) in [4.78, 5) is 11.3. The van der Waals surface area contributed by atoms with E-state index in [1.165, 1.54) is 14.0 Å². The van der Waals surface area contributed by atoms with E-state index in [9.17, 15) is 4.79 Å². The molecule has 0 amide bonds. The van der Waals surface area contributed by atoms with Gasteiger partial charge in [0.2, 0.25) is 0 Å². The Balaban J connectivity index is 3.32. The second-order valence-electron chi connectivity index (χ2n) is 2.74. The smallest absolute Gasteiger partial charge is 0.163 e. The highest BCUT2D eigenvalue weighted by atomic mass is 79.9. The second-order valence-corrected chi connectivity index (χ2v) is 3.60. The van der Waals surface area contributed by atoms with Gasteiger partial charge in [0, 0.05) is 0 Å². The van der Waals surface area contributed by atoms with Crippen molar-refractivity contribution < 1.29 is 14.3 Å². The summed E-state index contributed by atoms with van der Waals surface area (Å²) in [6.45, 7) is 1.49. The number of ketones is 1. The number of carbonyl (C=O) groups is 1. The van der Waals surface area contributed by atoms with Crippen molar-refractivity contribution in [3.8, 4) is 11.5 Å². The molecule has 76 valence electrons. The number of ether oxygens (including phenoxy) is 2. The number of Topliss-reactive ketones (excluding diaryl/α,β-unsaturated/α-hetero) is 1. The van der Waals surface area contributed by atoms with Crippen molar-refractivity contribution in [2.75, 3.05) is 14.2 Å². The zero-order chi connectivity index (χ0) is 10.7. The summed E-state index contributed by atoms with van der Waals surface area (Å²) in [5, 5.41) is 0. The third-order valence-electron chi connectivity index (χ3n) is 1.85. The van der Waals surface area contributed by atoms with Crippen LogP contribution in [-0.4, -0.2) is 20.0 Å². The maximum absolute atomic E-state index is 11.3. The van der Waals surface area contributed by atoms with E-state index in [1.54, 1.807) is 19.2 Å². The summed E-state index contributed by atoms with van der Waals surface area (Å²) in [5.74, 6) is 1.12. The lowest BCUT2D eigenvalue weighted by Crippen LogP contribution is -1.99. The first-order chi connectivity index (χ1) is 6.60. The first kappa shape index (κ1) is 11.0. The fraction of sp³-hybridized carbons (Fsp3) is 0.300. The molecule has 0 radical (unpaired) electrons. The molecule has 0 spiro atoms. The van der Waals surface area contributed by atoms with Gasteiger partial charge in [-0.05, 0) is 35.0 Å². The third-order valence-corrected chi connectivity index (χ3v) is 2.47. The fourth-order valence-corrected chi connectivity index (χ4v) is 1.62. The Kier molecular flexibility index (Phi) is 3.52. The zero-order valence-electron chi connectivity index (χ0n) is 8.26.